The summed E-state index contributed by atoms with van der Waals surface area (Å²) in [5.74, 6) is 1.19. The van der Waals surface area contributed by atoms with Crippen LogP contribution in [0.4, 0.5) is 10.5 Å². The molecule has 1 fully saturated rings. The van der Waals surface area contributed by atoms with Gasteiger partial charge in [-0.15, -0.1) is 0 Å². The van der Waals surface area contributed by atoms with Gasteiger partial charge >= 0.3 is 6.03 Å². The van der Waals surface area contributed by atoms with Crippen molar-refractivity contribution in [3.8, 4) is 11.5 Å². The van der Waals surface area contributed by atoms with Gasteiger partial charge in [-0.1, -0.05) is 30.3 Å². The number of nitrogens with zero attached hydrogens (tertiary/aromatic N) is 2. The summed E-state index contributed by atoms with van der Waals surface area (Å²) in [4.78, 5) is 17.1. The van der Waals surface area contributed by atoms with Gasteiger partial charge < -0.3 is 30.1 Å². The molecular formula is C23H32N4O4. The van der Waals surface area contributed by atoms with E-state index in [4.69, 9.17) is 9.47 Å². The first-order chi connectivity index (χ1) is 15.1. The summed E-state index contributed by atoms with van der Waals surface area (Å²) >= 11 is 0. The normalized spacial score (nSPS) is 15.8. The maximum atomic E-state index is 12.5. The molecular weight excluding hydrogens is 396 g/mol. The van der Waals surface area contributed by atoms with E-state index in [0.717, 1.165) is 38.3 Å². The molecule has 0 aliphatic carbocycles. The van der Waals surface area contributed by atoms with E-state index in [-0.39, 0.29) is 6.61 Å². The van der Waals surface area contributed by atoms with Crippen LogP contribution in [0.3, 0.4) is 0 Å². The highest BCUT2D eigenvalue weighted by atomic mass is 16.5. The third-order valence-corrected chi connectivity index (χ3v) is 5.37. The Morgan fingerprint density at radius 3 is 2.52 bits per heavy atom. The van der Waals surface area contributed by atoms with Crippen molar-refractivity contribution in [2.45, 2.75) is 6.04 Å². The summed E-state index contributed by atoms with van der Waals surface area (Å²) in [5.41, 5.74) is 1.42. The van der Waals surface area contributed by atoms with Gasteiger partial charge in [0.2, 0.25) is 0 Å². The second-order valence-electron chi connectivity index (χ2n) is 7.60. The predicted octanol–water partition coefficient (Wildman–Crippen LogP) is 2.18. The first-order valence-corrected chi connectivity index (χ1v) is 10.5. The van der Waals surface area contributed by atoms with E-state index in [1.807, 2.05) is 30.3 Å². The molecule has 1 aliphatic rings. The van der Waals surface area contributed by atoms with Crippen molar-refractivity contribution in [2.75, 3.05) is 65.4 Å². The van der Waals surface area contributed by atoms with Crippen molar-refractivity contribution in [2.24, 2.45) is 0 Å². The quantitative estimate of drug-likeness (QED) is 0.568. The molecule has 168 valence electrons. The lowest BCUT2D eigenvalue weighted by atomic mass is 10.1. The average Bonchev–Trinajstić information content (AvgIpc) is 2.79. The Labute approximate surface area is 183 Å². The summed E-state index contributed by atoms with van der Waals surface area (Å²) in [6, 6.07) is 13.7. The van der Waals surface area contributed by atoms with Crippen molar-refractivity contribution in [3.05, 3.63) is 54.1 Å². The SMILES string of the molecule is COc1ccc(NC(=O)N[C@@H](CO)c2ccccc2)cc1OCCN1CCN(C)CC1. The van der Waals surface area contributed by atoms with Crippen LogP contribution < -0.4 is 20.1 Å². The first-order valence-electron chi connectivity index (χ1n) is 10.5. The summed E-state index contributed by atoms with van der Waals surface area (Å²) < 4.78 is 11.4. The van der Waals surface area contributed by atoms with Crippen LogP contribution in [-0.4, -0.2) is 81.0 Å². The predicted molar refractivity (Wildman–Crippen MR) is 121 cm³/mol. The number of nitrogens with one attached hydrogen (secondary N) is 2. The Bertz CT molecular complexity index is 826. The van der Waals surface area contributed by atoms with Crippen LogP contribution in [0, 0.1) is 0 Å². The van der Waals surface area contributed by atoms with Crippen molar-refractivity contribution < 1.29 is 19.4 Å². The van der Waals surface area contributed by atoms with E-state index in [0.29, 0.717) is 23.8 Å². The molecule has 2 aromatic carbocycles. The molecule has 1 heterocycles. The average molecular weight is 429 g/mol. The second kappa shape index (κ2) is 11.5. The van der Waals surface area contributed by atoms with E-state index >= 15 is 0 Å². The minimum atomic E-state index is -0.487. The number of rotatable bonds is 9. The standard InChI is InChI=1S/C23H32N4O4/c1-26-10-12-27(13-11-26)14-15-31-22-16-19(8-9-21(22)30-2)24-23(29)25-20(17-28)18-6-4-3-5-7-18/h3-9,16,20,28H,10-15,17H2,1-2H3,(H2,24,25,29)/t20-/m0/s1. The summed E-state index contributed by atoms with van der Waals surface area (Å²) in [5, 5.41) is 15.2. The Kier molecular flexibility index (Phi) is 8.52. The summed E-state index contributed by atoms with van der Waals surface area (Å²) in [7, 11) is 3.73. The molecule has 0 unspecified atom stereocenters. The van der Waals surface area contributed by atoms with E-state index < -0.39 is 12.1 Å². The molecule has 0 aromatic heterocycles. The number of benzene rings is 2. The molecule has 0 saturated carbocycles. The minimum absolute atomic E-state index is 0.194. The van der Waals surface area contributed by atoms with Gasteiger partial charge in [-0.25, -0.2) is 4.79 Å². The van der Waals surface area contributed by atoms with Crippen LogP contribution >= 0.6 is 0 Å². The number of hydrogen-bond donors (Lipinski definition) is 3. The number of urea groups is 1. The molecule has 1 atom stereocenters. The fourth-order valence-electron chi connectivity index (χ4n) is 3.47. The maximum Gasteiger partial charge on any atom is 0.319 e. The van der Waals surface area contributed by atoms with Gasteiger partial charge in [0.15, 0.2) is 11.5 Å². The molecule has 0 spiro atoms. The van der Waals surface area contributed by atoms with Crippen LogP contribution in [0.5, 0.6) is 11.5 Å². The molecule has 8 heteroatoms. The number of hydrogen-bond acceptors (Lipinski definition) is 6. The number of amides is 2. The van der Waals surface area contributed by atoms with E-state index in [1.54, 1.807) is 25.3 Å². The zero-order chi connectivity index (χ0) is 22.1. The van der Waals surface area contributed by atoms with Crippen LogP contribution in [0.2, 0.25) is 0 Å². The Balaban J connectivity index is 1.55. The van der Waals surface area contributed by atoms with E-state index in [2.05, 4.69) is 27.5 Å². The lowest BCUT2D eigenvalue weighted by Crippen LogP contribution is -2.45. The largest absolute Gasteiger partial charge is 0.493 e. The van der Waals surface area contributed by atoms with Gasteiger partial charge in [0.05, 0.1) is 19.8 Å². The monoisotopic (exact) mass is 428 g/mol. The highest BCUT2D eigenvalue weighted by Gasteiger charge is 2.16. The number of anilines is 1. The number of methoxy groups -OCH3 is 1. The topological polar surface area (TPSA) is 86.3 Å². The number of ether oxygens (including phenoxy) is 2. The summed E-state index contributed by atoms with van der Waals surface area (Å²) in [6.45, 7) is 5.38. The molecule has 1 saturated heterocycles. The molecule has 1 aliphatic heterocycles. The fourth-order valence-corrected chi connectivity index (χ4v) is 3.47. The number of aliphatic hydroxyl groups excluding tert-OH is 1. The van der Waals surface area contributed by atoms with Gasteiger partial charge in [0.25, 0.3) is 0 Å². The van der Waals surface area contributed by atoms with Gasteiger partial charge in [-0.3, -0.25) is 4.90 Å². The molecule has 3 rings (SSSR count). The van der Waals surface area contributed by atoms with Crippen molar-refractivity contribution in [1.82, 2.24) is 15.1 Å². The number of carbonyl (C=O) groups excluding carboxylic acids is 1. The third-order valence-electron chi connectivity index (χ3n) is 5.37. The van der Waals surface area contributed by atoms with Crippen molar-refractivity contribution in [3.63, 3.8) is 0 Å². The minimum Gasteiger partial charge on any atom is -0.493 e. The first kappa shape index (κ1) is 22.9. The van der Waals surface area contributed by atoms with Crippen LogP contribution in [0.25, 0.3) is 0 Å². The molecule has 0 radical (unpaired) electrons. The van der Waals surface area contributed by atoms with Gasteiger partial charge in [0, 0.05) is 44.5 Å². The second-order valence-corrected chi connectivity index (χ2v) is 7.60. The number of aliphatic hydroxyl groups is 1. The van der Waals surface area contributed by atoms with Crippen molar-refractivity contribution in [1.29, 1.82) is 0 Å². The lowest BCUT2D eigenvalue weighted by Gasteiger charge is -2.32. The Morgan fingerprint density at radius 2 is 1.84 bits per heavy atom. The molecule has 2 amide bonds. The van der Waals surface area contributed by atoms with Crippen molar-refractivity contribution >= 4 is 11.7 Å². The van der Waals surface area contributed by atoms with Crippen LogP contribution in [-0.2, 0) is 0 Å². The number of piperazine rings is 1. The van der Waals surface area contributed by atoms with Crippen LogP contribution in [0.1, 0.15) is 11.6 Å². The highest BCUT2D eigenvalue weighted by molar-refractivity contribution is 5.90. The molecule has 0 bridgehead atoms. The molecule has 2 aromatic rings. The molecule has 3 N–H and O–H groups in total. The number of carbonyl (C=O) groups is 1. The lowest BCUT2D eigenvalue weighted by molar-refractivity contribution is 0.133. The molecule has 31 heavy (non-hydrogen) atoms. The Hall–Kier alpha value is -2.81. The molecule has 8 nitrogen and oxygen atoms in total. The smallest absolute Gasteiger partial charge is 0.319 e. The van der Waals surface area contributed by atoms with Gasteiger partial charge in [-0.2, -0.15) is 0 Å². The number of likely N-dealkylation sites (N-methyl/N-ethyl adjacent to an activating group) is 1. The van der Waals surface area contributed by atoms with Gasteiger partial charge in [-0.05, 0) is 24.7 Å². The zero-order valence-electron chi connectivity index (χ0n) is 18.2. The fraction of sp³-hybridized carbons (Fsp3) is 0.435. The summed E-state index contributed by atoms with van der Waals surface area (Å²) in [6.07, 6.45) is 0. The zero-order valence-corrected chi connectivity index (χ0v) is 18.2. The van der Waals surface area contributed by atoms with Gasteiger partial charge in [0.1, 0.15) is 6.61 Å². The maximum absolute atomic E-state index is 12.5. The Morgan fingerprint density at radius 1 is 1.10 bits per heavy atom. The highest BCUT2D eigenvalue weighted by Crippen LogP contribution is 2.30. The van der Waals surface area contributed by atoms with E-state index in [1.165, 1.54) is 0 Å². The third kappa shape index (κ3) is 6.85. The van der Waals surface area contributed by atoms with E-state index in [9.17, 15) is 9.90 Å². The van der Waals surface area contributed by atoms with Crippen LogP contribution in [0.15, 0.2) is 48.5 Å².